The van der Waals surface area contributed by atoms with Crippen LogP contribution >= 0.6 is 15.9 Å². The molecule has 0 aliphatic carbocycles. The van der Waals surface area contributed by atoms with E-state index in [4.69, 9.17) is 4.74 Å². The van der Waals surface area contributed by atoms with Gasteiger partial charge >= 0.3 is 0 Å². The maximum Gasteiger partial charge on any atom is 0.238 e. The molecule has 26 heavy (non-hydrogen) atoms. The maximum absolute atomic E-state index is 12.2. The van der Waals surface area contributed by atoms with Crippen LogP contribution < -0.4 is 10.1 Å². The molecule has 3 rings (SSSR count). The SMILES string of the molecule is COc1cccc(CN2CCN(CC(=O)Nc3ccc(Br)cc3)CC2)c1. The first kappa shape index (κ1) is 18.9. The van der Waals surface area contributed by atoms with Crippen molar-refractivity contribution in [3.05, 3.63) is 58.6 Å². The maximum atomic E-state index is 12.2. The van der Waals surface area contributed by atoms with E-state index in [1.54, 1.807) is 7.11 Å². The molecule has 1 heterocycles. The second kappa shape index (κ2) is 9.16. The third-order valence-electron chi connectivity index (χ3n) is 4.50. The lowest BCUT2D eigenvalue weighted by Crippen LogP contribution is -2.48. The summed E-state index contributed by atoms with van der Waals surface area (Å²) >= 11 is 3.40. The van der Waals surface area contributed by atoms with Crippen LogP contribution in [0.5, 0.6) is 5.75 Å². The number of anilines is 1. The average Bonchev–Trinajstić information content (AvgIpc) is 2.65. The first-order valence-electron chi connectivity index (χ1n) is 8.75. The van der Waals surface area contributed by atoms with Crippen LogP contribution in [0.25, 0.3) is 0 Å². The first-order chi connectivity index (χ1) is 12.6. The van der Waals surface area contributed by atoms with E-state index in [1.807, 2.05) is 36.4 Å². The van der Waals surface area contributed by atoms with Crippen molar-refractivity contribution in [2.45, 2.75) is 6.54 Å². The fourth-order valence-electron chi connectivity index (χ4n) is 3.07. The normalized spacial score (nSPS) is 15.6. The Hall–Kier alpha value is -1.89. The summed E-state index contributed by atoms with van der Waals surface area (Å²) in [5.74, 6) is 0.930. The minimum absolute atomic E-state index is 0.0357. The lowest BCUT2D eigenvalue weighted by atomic mass is 10.2. The fourth-order valence-corrected chi connectivity index (χ4v) is 3.34. The van der Waals surface area contributed by atoms with E-state index < -0.39 is 0 Å². The highest BCUT2D eigenvalue weighted by molar-refractivity contribution is 9.10. The Bertz CT molecular complexity index is 728. The zero-order valence-electron chi connectivity index (χ0n) is 15.0. The van der Waals surface area contributed by atoms with Crippen molar-refractivity contribution in [1.82, 2.24) is 9.80 Å². The number of amides is 1. The molecule has 0 radical (unpaired) electrons. The lowest BCUT2D eigenvalue weighted by Gasteiger charge is -2.34. The van der Waals surface area contributed by atoms with Gasteiger partial charge in [0.1, 0.15) is 5.75 Å². The molecule has 0 bridgehead atoms. The van der Waals surface area contributed by atoms with Crippen molar-refractivity contribution in [3.63, 3.8) is 0 Å². The van der Waals surface area contributed by atoms with Crippen molar-refractivity contribution < 1.29 is 9.53 Å². The summed E-state index contributed by atoms with van der Waals surface area (Å²) in [6.45, 7) is 5.07. The summed E-state index contributed by atoms with van der Waals surface area (Å²) < 4.78 is 6.29. The quantitative estimate of drug-likeness (QED) is 0.783. The molecule has 138 valence electrons. The van der Waals surface area contributed by atoms with Crippen LogP contribution in [0.15, 0.2) is 53.0 Å². The molecule has 5 nitrogen and oxygen atoms in total. The number of nitrogens with one attached hydrogen (secondary N) is 1. The number of carbonyl (C=O) groups is 1. The van der Waals surface area contributed by atoms with Crippen LogP contribution in [-0.2, 0) is 11.3 Å². The first-order valence-corrected chi connectivity index (χ1v) is 9.55. The third kappa shape index (κ3) is 5.56. The Balaban J connectivity index is 1.43. The van der Waals surface area contributed by atoms with Gasteiger partial charge in [-0.1, -0.05) is 28.1 Å². The monoisotopic (exact) mass is 417 g/mol. The van der Waals surface area contributed by atoms with Crippen LogP contribution in [0.1, 0.15) is 5.56 Å². The third-order valence-corrected chi connectivity index (χ3v) is 5.03. The Morgan fingerprint density at radius 1 is 1.08 bits per heavy atom. The van der Waals surface area contributed by atoms with E-state index in [1.165, 1.54) is 5.56 Å². The molecular weight excluding hydrogens is 394 g/mol. The van der Waals surface area contributed by atoms with Crippen LogP contribution in [0.2, 0.25) is 0 Å². The van der Waals surface area contributed by atoms with E-state index in [-0.39, 0.29) is 5.91 Å². The highest BCUT2D eigenvalue weighted by atomic mass is 79.9. The Labute approximate surface area is 163 Å². The van der Waals surface area contributed by atoms with Crippen LogP contribution in [-0.4, -0.2) is 55.5 Å². The van der Waals surface area contributed by atoms with Gasteiger partial charge in [-0.2, -0.15) is 0 Å². The van der Waals surface area contributed by atoms with Crippen molar-refractivity contribution in [1.29, 1.82) is 0 Å². The molecule has 0 spiro atoms. The second-order valence-corrected chi connectivity index (χ2v) is 7.37. The Morgan fingerprint density at radius 2 is 1.77 bits per heavy atom. The molecule has 1 amide bonds. The van der Waals surface area contributed by atoms with E-state index in [9.17, 15) is 4.79 Å². The van der Waals surface area contributed by atoms with Gasteiger partial charge in [0.2, 0.25) is 5.91 Å². The van der Waals surface area contributed by atoms with Crippen molar-refractivity contribution in [3.8, 4) is 5.75 Å². The van der Waals surface area contributed by atoms with Gasteiger partial charge in [0.25, 0.3) is 0 Å². The summed E-state index contributed by atoms with van der Waals surface area (Å²) in [4.78, 5) is 16.8. The Kier molecular flexibility index (Phi) is 6.66. The average molecular weight is 418 g/mol. The van der Waals surface area contributed by atoms with Crippen molar-refractivity contribution in [2.75, 3.05) is 45.2 Å². The molecule has 2 aromatic rings. The smallest absolute Gasteiger partial charge is 0.238 e. The molecule has 1 saturated heterocycles. The zero-order valence-corrected chi connectivity index (χ0v) is 16.5. The van der Waals surface area contributed by atoms with Gasteiger partial charge in [-0.25, -0.2) is 0 Å². The summed E-state index contributed by atoms with van der Waals surface area (Å²) in [6.07, 6.45) is 0. The van der Waals surface area contributed by atoms with E-state index in [0.717, 1.165) is 48.6 Å². The topological polar surface area (TPSA) is 44.8 Å². The Morgan fingerprint density at radius 3 is 2.46 bits per heavy atom. The number of carbonyl (C=O) groups excluding carboxylic acids is 1. The molecule has 6 heteroatoms. The molecular formula is C20H24BrN3O2. The number of hydrogen-bond acceptors (Lipinski definition) is 4. The van der Waals surface area contributed by atoms with Gasteiger partial charge in [-0.05, 0) is 42.0 Å². The van der Waals surface area contributed by atoms with E-state index in [0.29, 0.717) is 6.54 Å². The number of nitrogens with zero attached hydrogens (tertiary/aromatic N) is 2. The standard InChI is InChI=1S/C20H24BrN3O2/c1-26-19-4-2-3-16(13-19)14-23-9-11-24(12-10-23)15-20(25)22-18-7-5-17(21)6-8-18/h2-8,13H,9-12,14-15H2,1H3,(H,22,25). The summed E-state index contributed by atoms with van der Waals surface area (Å²) in [5.41, 5.74) is 2.08. The largest absolute Gasteiger partial charge is 0.497 e. The second-order valence-electron chi connectivity index (χ2n) is 6.46. The van der Waals surface area contributed by atoms with Crippen LogP contribution in [0.3, 0.4) is 0 Å². The summed E-state index contributed by atoms with van der Waals surface area (Å²) in [5, 5.41) is 2.95. The molecule has 2 aromatic carbocycles. The minimum atomic E-state index is 0.0357. The molecule has 0 unspecified atom stereocenters. The fraction of sp³-hybridized carbons (Fsp3) is 0.350. The van der Waals surface area contributed by atoms with Gasteiger partial charge in [0, 0.05) is 42.9 Å². The zero-order chi connectivity index (χ0) is 18.4. The van der Waals surface area contributed by atoms with Gasteiger partial charge in [-0.3, -0.25) is 14.6 Å². The molecule has 0 atom stereocenters. The van der Waals surface area contributed by atoms with Gasteiger partial charge in [-0.15, -0.1) is 0 Å². The number of piperazine rings is 1. The molecule has 1 aliphatic heterocycles. The number of methoxy groups -OCH3 is 1. The van der Waals surface area contributed by atoms with Crippen LogP contribution in [0.4, 0.5) is 5.69 Å². The predicted octanol–water partition coefficient (Wildman–Crippen LogP) is 3.21. The van der Waals surface area contributed by atoms with Gasteiger partial charge in [0.05, 0.1) is 13.7 Å². The minimum Gasteiger partial charge on any atom is -0.497 e. The molecule has 0 saturated carbocycles. The van der Waals surface area contributed by atoms with E-state index >= 15 is 0 Å². The molecule has 1 aliphatic rings. The van der Waals surface area contributed by atoms with Gasteiger partial charge < -0.3 is 10.1 Å². The number of rotatable bonds is 6. The van der Waals surface area contributed by atoms with Crippen LogP contribution in [0, 0.1) is 0 Å². The highest BCUT2D eigenvalue weighted by Gasteiger charge is 2.19. The molecule has 1 N–H and O–H groups in total. The van der Waals surface area contributed by atoms with E-state index in [2.05, 4.69) is 43.2 Å². The number of benzene rings is 2. The number of halogens is 1. The number of ether oxygens (including phenoxy) is 1. The van der Waals surface area contributed by atoms with Crippen molar-refractivity contribution in [2.24, 2.45) is 0 Å². The summed E-state index contributed by atoms with van der Waals surface area (Å²) in [6, 6.07) is 15.8. The van der Waals surface area contributed by atoms with Gasteiger partial charge in [0.15, 0.2) is 0 Å². The summed E-state index contributed by atoms with van der Waals surface area (Å²) in [7, 11) is 1.69. The number of hydrogen-bond donors (Lipinski definition) is 1. The lowest BCUT2D eigenvalue weighted by molar-refractivity contribution is -0.117. The van der Waals surface area contributed by atoms with Crippen molar-refractivity contribution >= 4 is 27.5 Å². The molecule has 0 aromatic heterocycles. The molecule has 1 fully saturated rings. The predicted molar refractivity (Wildman–Crippen MR) is 107 cm³/mol. The highest BCUT2D eigenvalue weighted by Crippen LogP contribution is 2.16.